The Morgan fingerprint density at radius 2 is 1.83 bits per heavy atom. The first-order chi connectivity index (χ1) is 16.8. The molecule has 0 unspecified atom stereocenters. The van der Waals surface area contributed by atoms with Crippen LogP contribution in [0, 0.1) is 19.7 Å². The zero-order valence-electron chi connectivity index (χ0n) is 19.6. The van der Waals surface area contributed by atoms with Crippen molar-refractivity contribution < 1.29 is 23.5 Å². The maximum absolute atomic E-state index is 13.8. The third kappa shape index (κ3) is 4.93. The number of para-hydroxylation sites is 1. The number of aromatic nitrogens is 1. The Balaban J connectivity index is 1.52. The van der Waals surface area contributed by atoms with Gasteiger partial charge in [0.1, 0.15) is 23.8 Å². The lowest BCUT2D eigenvalue weighted by molar-refractivity contribution is -0.127. The van der Waals surface area contributed by atoms with Crippen molar-refractivity contribution in [2.24, 2.45) is 0 Å². The Hall–Kier alpha value is -4.40. The van der Waals surface area contributed by atoms with E-state index in [2.05, 4.69) is 10.6 Å². The minimum atomic E-state index is -0.717. The normalized spacial score (nSPS) is 14.4. The van der Waals surface area contributed by atoms with Gasteiger partial charge in [0.05, 0.1) is 12.3 Å². The lowest BCUT2D eigenvalue weighted by Gasteiger charge is -2.12. The van der Waals surface area contributed by atoms with E-state index in [1.807, 2.05) is 55.7 Å². The van der Waals surface area contributed by atoms with E-state index in [-0.39, 0.29) is 11.4 Å². The Bertz CT molecular complexity index is 1330. The Kier molecular flexibility index (Phi) is 6.68. The molecule has 0 radical (unpaired) electrons. The van der Waals surface area contributed by atoms with Crippen LogP contribution in [0.1, 0.15) is 23.9 Å². The minimum Gasteiger partial charge on any atom is -0.494 e. The molecule has 4 amide bonds. The third-order valence-corrected chi connectivity index (χ3v) is 5.59. The van der Waals surface area contributed by atoms with Gasteiger partial charge >= 0.3 is 6.03 Å². The second-order valence-corrected chi connectivity index (χ2v) is 8.00. The first kappa shape index (κ1) is 23.7. The second kappa shape index (κ2) is 9.84. The van der Waals surface area contributed by atoms with Crippen LogP contribution in [0.5, 0.6) is 5.75 Å². The van der Waals surface area contributed by atoms with Crippen LogP contribution >= 0.6 is 0 Å². The molecule has 4 rings (SSSR count). The summed E-state index contributed by atoms with van der Waals surface area (Å²) < 4.78 is 21.3. The first-order valence-corrected chi connectivity index (χ1v) is 11.1. The molecule has 0 atom stereocenters. The van der Waals surface area contributed by atoms with Gasteiger partial charge in [-0.25, -0.2) is 14.1 Å². The Morgan fingerprint density at radius 1 is 1.11 bits per heavy atom. The lowest BCUT2D eigenvalue weighted by Crippen LogP contribution is -2.38. The maximum atomic E-state index is 13.8. The molecule has 0 saturated carbocycles. The lowest BCUT2D eigenvalue weighted by atomic mass is 10.2. The summed E-state index contributed by atoms with van der Waals surface area (Å²) in [5, 5.41) is 4.89. The average Bonchev–Trinajstić information content (AvgIpc) is 3.25. The summed E-state index contributed by atoms with van der Waals surface area (Å²) in [6.07, 6.45) is 1.59. The highest BCUT2D eigenvalue weighted by molar-refractivity contribution is 6.16. The first-order valence-electron chi connectivity index (χ1n) is 11.1. The molecule has 0 bridgehead atoms. The summed E-state index contributed by atoms with van der Waals surface area (Å²) >= 11 is 0. The Labute approximate surface area is 202 Å². The van der Waals surface area contributed by atoms with Crippen molar-refractivity contribution in [2.45, 2.75) is 20.8 Å². The van der Waals surface area contributed by atoms with E-state index in [9.17, 15) is 18.8 Å². The average molecular weight is 477 g/mol. The zero-order valence-corrected chi connectivity index (χ0v) is 19.6. The topological polar surface area (TPSA) is 92.7 Å². The molecule has 2 aromatic carbocycles. The third-order valence-electron chi connectivity index (χ3n) is 5.59. The van der Waals surface area contributed by atoms with Crippen LogP contribution in [0.3, 0.4) is 0 Å². The molecule has 0 spiro atoms. The smallest absolute Gasteiger partial charge is 0.329 e. The van der Waals surface area contributed by atoms with Gasteiger partial charge in [-0.3, -0.25) is 9.59 Å². The van der Waals surface area contributed by atoms with Crippen LogP contribution in [0.15, 0.2) is 60.3 Å². The maximum Gasteiger partial charge on any atom is 0.329 e. The Morgan fingerprint density at radius 3 is 2.51 bits per heavy atom. The molecule has 0 aliphatic carbocycles. The number of benzene rings is 2. The molecule has 180 valence electrons. The summed E-state index contributed by atoms with van der Waals surface area (Å²) in [7, 11) is 0. The van der Waals surface area contributed by atoms with E-state index >= 15 is 0 Å². The molecule has 8 nitrogen and oxygen atoms in total. The van der Waals surface area contributed by atoms with Crippen molar-refractivity contribution in [1.82, 2.24) is 14.8 Å². The van der Waals surface area contributed by atoms with E-state index in [0.29, 0.717) is 6.61 Å². The molecule has 2 N–H and O–H groups in total. The van der Waals surface area contributed by atoms with E-state index < -0.39 is 30.2 Å². The number of halogens is 1. The van der Waals surface area contributed by atoms with Crippen LogP contribution in [0.4, 0.5) is 14.9 Å². The quantitative estimate of drug-likeness (QED) is 0.396. The van der Waals surface area contributed by atoms with Crippen LogP contribution in [-0.4, -0.2) is 40.5 Å². The number of rotatable bonds is 7. The second-order valence-electron chi connectivity index (χ2n) is 8.00. The van der Waals surface area contributed by atoms with Crippen molar-refractivity contribution in [1.29, 1.82) is 0 Å². The zero-order chi connectivity index (χ0) is 25.1. The molecule has 1 aromatic heterocycles. The monoisotopic (exact) mass is 476 g/mol. The predicted octanol–water partition coefficient (Wildman–Crippen LogP) is 4.16. The van der Waals surface area contributed by atoms with E-state index in [1.165, 1.54) is 18.2 Å². The van der Waals surface area contributed by atoms with Crippen molar-refractivity contribution in [2.75, 3.05) is 18.5 Å². The number of hydrogen-bond donors (Lipinski definition) is 2. The molecule has 1 aliphatic heterocycles. The fourth-order valence-electron chi connectivity index (χ4n) is 3.96. The van der Waals surface area contributed by atoms with Gasteiger partial charge in [-0.1, -0.05) is 12.1 Å². The van der Waals surface area contributed by atoms with Gasteiger partial charge in [0, 0.05) is 17.1 Å². The molecule has 3 aromatic rings. The van der Waals surface area contributed by atoms with Crippen molar-refractivity contribution in [3.05, 3.63) is 83.1 Å². The highest BCUT2D eigenvalue weighted by Crippen LogP contribution is 2.25. The number of imide groups is 1. The van der Waals surface area contributed by atoms with Gasteiger partial charge in [0.2, 0.25) is 5.91 Å². The van der Waals surface area contributed by atoms with Crippen molar-refractivity contribution >= 4 is 29.6 Å². The highest BCUT2D eigenvalue weighted by Gasteiger charge is 2.35. The van der Waals surface area contributed by atoms with Gasteiger partial charge in [0.25, 0.3) is 5.91 Å². The number of amides is 4. The number of ether oxygens (including phenoxy) is 1. The van der Waals surface area contributed by atoms with E-state index in [4.69, 9.17) is 4.74 Å². The fraction of sp³-hybridized carbons (Fsp3) is 0.192. The molecule has 2 heterocycles. The van der Waals surface area contributed by atoms with Gasteiger partial charge in [-0.2, -0.15) is 0 Å². The standard InChI is InChI=1S/C26H25FN4O4/c1-4-35-20-11-9-19(10-12-20)31-16(2)13-18(17(31)3)14-23-25(33)30(26(34)29-23)15-24(32)28-22-8-6-5-7-21(22)27/h5-14H,4,15H2,1-3H3,(H,28,32)(H,29,34)/b23-14+. The number of carbonyl (C=O) groups excluding carboxylic acids is 3. The van der Waals surface area contributed by atoms with E-state index in [0.717, 1.165) is 33.3 Å². The number of hydrogen-bond acceptors (Lipinski definition) is 4. The minimum absolute atomic E-state index is 0.0259. The largest absolute Gasteiger partial charge is 0.494 e. The highest BCUT2D eigenvalue weighted by atomic mass is 19.1. The van der Waals surface area contributed by atoms with Gasteiger partial charge < -0.3 is 19.9 Å². The molecule has 9 heteroatoms. The van der Waals surface area contributed by atoms with Gasteiger partial charge in [-0.15, -0.1) is 0 Å². The molecular formula is C26H25FN4O4. The number of nitrogens with zero attached hydrogens (tertiary/aromatic N) is 2. The SMILES string of the molecule is CCOc1ccc(-n2c(C)cc(/C=C3/NC(=O)N(CC(=O)Nc4ccccc4F)C3=O)c2C)cc1. The number of aryl methyl sites for hydroxylation is 1. The number of carbonyl (C=O) groups is 3. The van der Waals surface area contributed by atoms with Crippen LogP contribution < -0.4 is 15.4 Å². The van der Waals surface area contributed by atoms with Crippen LogP contribution in [-0.2, 0) is 9.59 Å². The molecule has 1 aliphatic rings. The van der Waals surface area contributed by atoms with Gasteiger partial charge in [0.15, 0.2) is 0 Å². The van der Waals surface area contributed by atoms with Crippen molar-refractivity contribution in [3.63, 3.8) is 0 Å². The number of anilines is 1. The number of nitrogens with one attached hydrogen (secondary N) is 2. The molecular weight excluding hydrogens is 451 g/mol. The molecule has 1 saturated heterocycles. The summed E-state index contributed by atoms with van der Waals surface area (Å²) in [6, 6.07) is 14.5. The van der Waals surface area contributed by atoms with Crippen LogP contribution in [0.2, 0.25) is 0 Å². The molecule has 35 heavy (non-hydrogen) atoms. The summed E-state index contributed by atoms with van der Waals surface area (Å²) in [5.74, 6) is -1.15. The summed E-state index contributed by atoms with van der Waals surface area (Å²) in [6.45, 7) is 5.83. The fourth-order valence-corrected chi connectivity index (χ4v) is 3.96. The predicted molar refractivity (Wildman–Crippen MR) is 130 cm³/mol. The van der Waals surface area contributed by atoms with Crippen LogP contribution in [0.25, 0.3) is 11.8 Å². The molecule has 1 fully saturated rings. The van der Waals surface area contributed by atoms with E-state index in [1.54, 1.807) is 12.1 Å². The summed E-state index contributed by atoms with van der Waals surface area (Å²) in [4.78, 5) is 38.3. The van der Waals surface area contributed by atoms with Gasteiger partial charge in [-0.05, 0) is 74.9 Å². The summed E-state index contributed by atoms with van der Waals surface area (Å²) in [5.41, 5.74) is 3.52. The van der Waals surface area contributed by atoms with Crippen molar-refractivity contribution in [3.8, 4) is 11.4 Å². The number of urea groups is 1.